The highest BCUT2D eigenvalue weighted by Gasteiger charge is 2.30. The maximum Gasteiger partial charge on any atom is 0.416 e. The average molecular weight is 384 g/mol. The molecule has 0 atom stereocenters. The van der Waals surface area contributed by atoms with Crippen LogP contribution in [0.15, 0.2) is 24.3 Å². The lowest BCUT2D eigenvalue weighted by Crippen LogP contribution is -2.30. The Morgan fingerprint density at radius 2 is 1.81 bits per heavy atom. The SMILES string of the molecule is CCCc1nnc(N2CCCN(Cc3ccc(C(F)(F)F)cc3)CC2)s1. The van der Waals surface area contributed by atoms with Gasteiger partial charge < -0.3 is 4.90 Å². The van der Waals surface area contributed by atoms with E-state index in [1.54, 1.807) is 23.5 Å². The molecule has 0 N–H and O–H groups in total. The first kappa shape index (κ1) is 19.1. The lowest BCUT2D eigenvalue weighted by molar-refractivity contribution is -0.137. The number of halogens is 3. The van der Waals surface area contributed by atoms with E-state index in [-0.39, 0.29) is 0 Å². The zero-order chi connectivity index (χ0) is 18.6. The van der Waals surface area contributed by atoms with Crippen molar-refractivity contribution in [3.05, 3.63) is 40.4 Å². The van der Waals surface area contributed by atoms with Crippen molar-refractivity contribution in [3.63, 3.8) is 0 Å². The largest absolute Gasteiger partial charge is 0.416 e. The summed E-state index contributed by atoms with van der Waals surface area (Å²) >= 11 is 1.66. The molecule has 4 nitrogen and oxygen atoms in total. The number of aromatic nitrogens is 2. The van der Waals surface area contributed by atoms with Crippen molar-refractivity contribution in [2.45, 2.75) is 38.9 Å². The first-order valence-corrected chi connectivity index (χ1v) is 9.73. The number of anilines is 1. The number of hydrogen-bond acceptors (Lipinski definition) is 5. The van der Waals surface area contributed by atoms with Gasteiger partial charge in [-0.3, -0.25) is 4.90 Å². The number of benzene rings is 1. The molecule has 1 fully saturated rings. The Labute approximate surface area is 155 Å². The van der Waals surface area contributed by atoms with Crippen molar-refractivity contribution in [1.82, 2.24) is 15.1 Å². The van der Waals surface area contributed by atoms with Gasteiger partial charge in [0.1, 0.15) is 5.01 Å². The van der Waals surface area contributed by atoms with E-state index in [4.69, 9.17) is 0 Å². The summed E-state index contributed by atoms with van der Waals surface area (Å²) < 4.78 is 38.0. The second-order valence-electron chi connectivity index (χ2n) is 6.54. The van der Waals surface area contributed by atoms with Crippen LogP contribution in [0.1, 0.15) is 35.9 Å². The molecule has 0 unspecified atom stereocenters. The van der Waals surface area contributed by atoms with Gasteiger partial charge in [0.2, 0.25) is 5.13 Å². The molecule has 0 saturated carbocycles. The highest BCUT2D eigenvalue weighted by Crippen LogP contribution is 2.29. The van der Waals surface area contributed by atoms with Crippen LogP contribution in [0.4, 0.5) is 18.3 Å². The fourth-order valence-corrected chi connectivity index (χ4v) is 4.06. The van der Waals surface area contributed by atoms with E-state index in [0.717, 1.165) is 73.3 Å². The first-order chi connectivity index (χ1) is 12.5. The molecular weight excluding hydrogens is 361 g/mol. The molecular formula is C18H23F3N4S. The Bertz CT molecular complexity index is 699. The Kier molecular flexibility index (Phi) is 6.13. The van der Waals surface area contributed by atoms with Crippen LogP contribution >= 0.6 is 11.3 Å². The molecule has 8 heteroatoms. The van der Waals surface area contributed by atoms with Crippen LogP contribution in [0, 0.1) is 0 Å². The van der Waals surface area contributed by atoms with Crippen LogP contribution in [0.2, 0.25) is 0 Å². The van der Waals surface area contributed by atoms with E-state index >= 15 is 0 Å². The van der Waals surface area contributed by atoms with Crippen LogP contribution in [0.25, 0.3) is 0 Å². The highest BCUT2D eigenvalue weighted by molar-refractivity contribution is 7.15. The van der Waals surface area contributed by atoms with Crippen LogP contribution in [-0.4, -0.2) is 41.3 Å². The zero-order valence-corrected chi connectivity index (χ0v) is 15.6. The minimum absolute atomic E-state index is 0.595. The van der Waals surface area contributed by atoms with Crippen molar-refractivity contribution in [3.8, 4) is 0 Å². The third-order valence-electron chi connectivity index (χ3n) is 4.47. The van der Waals surface area contributed by atoms with Crippen LogP contribution < -0.4 is 4.90 Å². The Morgan fingerprint density at radius 1 is 1.04 bits per heavy atom. The average Bonchev–Trinajstić information content (AvgIpc) is 2.94. The molecule has 0 bridgehead atoms. The lowest BCUT2D eigenvalue weighted by Gasteiger charge is -2.21. The van der Waals surface area contributed by atoms with E-state index in [1.807, 2.05) is 0 Å². The van der Waals surface area contributed by atoms with E-state index in [9.17, 15) is 13.2 Å². The molecule has 1 aliphatic rings. The summed E-state index contributed by atoms with van der Waals surface area (Å²) in [6.07, 6.45) is -1.25. The minimum atomic E-state index is -4.28. The summed E-state index contributed by atoms with van der Waals surface area (Å²) in [5.41, 5.74) is 0.315. The van der Waals surface area contributed by atoms with Gasteiger partial charge in [0.25, 0.3) is 0 Å². The summed E-state index contributed by atoms with van der Waals surface area (Å²) in [5, 5.41) is 10.6. The topological polar surface area (TPSA) is 32.3 Å². The van der Waals surface area contributed by atoms with Crippen molar-refractivity contribution >= 4 is 16.5 Å². The van der Waals surface area contributed by atoms with Gasteiger partial charge in [-0.2, -0.15) is 13.2 Å². The molecule has 0 amide bonds. The van der Waals surface area contributed by atoms with Gasteiger partial charge in [-0.25, -0.2) is 0 Å². The van der Waals surface area contributed by atoms with Crippen molar-refractivity contribution in [1.29, 1.82) is 0 Å². The van der Waals surface area contributed by atoms with Crippen LogP contribution in [0.5, 0.6) is 0 Å². The monoisotopic (exact) mass is 384 g/mol. The number of rotatable bonds is 5. The van der Waals surface area contributed by atoms with Gasteiger partial charge >= 0.3 is 6.18 Å². The number of alkyl halides is 3. The van der Waals surface area contributed by atoms with Crippen LogP contribution in [0.3, 0.4) is 0 Å². The molecule has 2 aromatic rings. The fraction of sp³-hybridized carbons (Fsp3) is 0.556. The van der Waals surface area contributed by atoms with Crippen molar-refractivity contribution < 1.29 is 13.2 Å². The van der Waals surface area contributed by atoms with Gasteiger partial charge in [0.05, 0.1) is 5.56 Å². The van der Waals surface area contributed by atoms with E-state index < -0.39 is 11.7 Å². The minimum Gasteiger partial charge on any atom is -0.345 e. The van der Waals surface area contributed by atoms with Gasteiger partial charge in [-0.05, 0) is 30.5 Å². The normalized spacial score (nSPS) is 16.7. The number of hydrogen-bond donors (Lipinski definition) is 0. The van der Waals surface area contributed by atoms with Crippen LogP contribution in [-0.2, 0) is 19.1 Å². The highest BCUT2D eigenvalue weighted by atomic mass is 32.1. The first-order valence-electron chi connectivity index (χ1n) is 8.91. The maximum atomic E-state index is 12.7. The van der Waals surface area contributed by atoms with Gasteiger partial charge in [0.15, 0.2) is 0 Å². The molecule has 26 heavy (non-hydrogen) atoms. The molecule has 0 aliphatic carbocycles. The van der Waals surface area contributed by atoms with E-state index in [2.05, 4.69) is 26.9 Å². The third kappa shape index (κ3) is 4.94. The molecule has 142 valence electrons. The smallest absolute Gasteiger partial charge is 0.345 e. The lowest BCUT2D eigenvalue weighted by atomic mass is 10.1. The van der Waals surface area contributed by atoms with E-state index in [0.29, 0.717) is 6.54 Å². The molecule has 0 radical (unpaired) electrons. The number of nitrogens with zero attached hydrogens (tertiary/aromatic N) is 4. The van der Waals surface area contributed by atoms with Gasteiger partial charge in [-0.1, -0.05) is 30.4 Å². The summed E-state index contributed by atoms with van der Waals surface area (Å²) in [4.78, 5) is 4.56. The quantitative estimate of drug-likeness (QED) is 0.773. The molecule has 1 saturated heterocycles. The fourth-order valence-electron chi connectivity index (χ4n) is 3.07. The molecule has 1 aliphatic heterocycles. The predicted molar refractivity (Wildman–Crippen MR) is 97.5 cm³/mol. The van der Waals surface area contributed by atoms with Gasteiger partial charge in [0, 0.05) is 39.1 Å². The zero-order valence-electron chi connectivity index (χ0n) is 14.8. The Balaban J connectivity index is 1.56. The third-order valence-corrected chi connectivity index (χ3v) is 5.51. The Hall–Kier alpha value is -1.67. The van der Waals surface area contributed by atoms with Crippen molar-refractivity contribution in [2.75, 3.05) is 31.1 Å². The summed E-state index contributed by atoms with van der Waals surface area (Å²) in [7, 11) is 0. The molecule has 2 heterocycles. The molecule has 1 aromatic heterocycles. The van der Waals surface area contributed by atoms with Crippen molar-refractivity contribution in [2.24, 2.45) is 0 Å². The molecule has 3 rings (SSSR count). The summed E-state index contributed by atoms with van der Waals surface area (Å²) in [5.74, 6) is 0. The maximum absolute atomic E-state index is 12.7. The number of aryl methyl sites for hydroxylation is 1. The second-order valence-corrected chi connectivity index (χ2v) is 7.58. The summed E-state index contributed by atoms with van der Waals surface area (Å²) in [6.45, 7) is 6.39. The standard InChI is InChI=1S/C18H23F3N4S/c1-2-4-16-22-23-17(26-16)25-10-3-9-24(11-12-25)13-14-5-7-15(8-6-14)18(19,20)21/h5-8H,2-4,9-13H2,1H3. The Morgan fingerprint density at radius 3 is 2.50 bits per heavy atom. The molecule has 0 spiro atoms. The summed E-state index contributed by atoms with van der Waals surface area (Å²) in [6, 6.07) is 5.48. The van der Waals surface area contributed by atoms with E-state index in [1.165, 1.54) is 0 Å². The molecule has 1 aromatic carbocycles. The second kappa shape index (κ2) is 8.35. The van der Waals surface area contributed by atoms with Gasteiger partial charge in [-0.15, -0.1) is 10.2 Å². The predicted octanol–water partition coefficient (Wildman–Crippen LogP) is 4.22.